The Labute approximate surface area is 290 Å². The number of hydrogen-bond donors (Lipinski definition) is 1. The predicted octanol–water partition coefficient (Wildman–Crippen LogP) is 8.23. The Kier molecular flexibility index (Phi) is 13.5. The Bertz CT molecular complexity index is 1650. The number of fused-ring (bicyclic) bond motifs is 1. The Morgan fingerprint density at radius 1 is 0.917 bits per heavy atom. The van der Waals surface area contributed by atoms with Gasteiger partial charge in [0.15, 0.2) is 5.78 Å². The molecule has 0 aliphatic heterocycles. The SMILES string of the molecule is CCCCc1ccc2nc(-c3ccc(OC)cc3)cc(C(=O)NC(CSCc3ccc(OC)cc3)C(=O)CCC(C)(C)CN(C)C)c2c1. The summed E-state index contributed by atoms with van der Waals surface area (Å²) in [6, 6.07) is 23.0. The average molecular weight is 670 g/mol. The molecule has 7 nitrogen and oxygen atoms in total. The fraction of sp³-hybridized carbons (Fsp3) is 0.425. The number of Topliss-reactive ketones (excluding diaryl/α,β-unsaturated/α-hetero) is 1. The van der Waals surface area contributed by atoms with Gasteiger partial charge in [-0.05, 0) is 104 Å². The van der Waals surface area contributed by atoms with Gasteiger partial charge in [-0.2, -0.15) is 11.8 Å². The molecule has 0 bridgehead atoms. The molecule has 4 aromatic rings. The molecule has 4 rings (SSSR count). The van der Waals surface area contributed by atoms with Crippen molar-refractivity contribution < 1.29 is 19.1 Å². The molecule has 1 amide bonds. The summed E-state index contributed by atoms with van der Waals surface area (Å²) >= 11 is 1.65. The number of hydrogen-bond acceptors (Lipinski definition) is 7. The van der Waals surface area contributed by atoms with Crippen LogP contribution in [0.2, 0.25) is 0 Å². The summed E-state index contributed by atoms with van der Waals surface area (Å²) in [5, 5.41) is 3.97. The van der Waals surface area contributed by atoms with Crippen molar-refractivity contribution in [2.24, 2.45) is 5.41 Å². The zero-order valence-corrected chi connectivity index (χ0v) is 30.4. The molecule has 0 aliphatic carbocycles. The monoisotopic (exact) mass is 669 g/mol. The van der Waals surface area contributed by atoms with Crippen LogP contribution in [0.1, 0.15) is 67.9 Å². The van der Waals surface area contributed by atoms with E-state index in [0.29, 0.717) is 23.4 Å². The molecule has 1 atom stereocenters. The number of nitrogens with one attached hydrogen (secondary N) is 1. The maximum absolute atomic E-state index is 14.3. The highest BCUT2D eigenvalue weighted by atomic mass is 32.2. The molecule has 0 radical (unpaired) electrons. The molecule has 1 unspecified atom stereocenters. The van der Waals surface area contributed by atoms with Crippen molar-refractivity contribution in [3.8, 4) is 22.8 Å². The van der Waals surface area contributed by atoms with Crippen molar-refractivity contribution in [1.29, 1.82) is 0 Å². The highest BCUT2D eigenvalue weighted by Gasteiger charge is 2.27. The number of aromatic nitrogens is 1. The van der Waals surface area contributed by atoms with Crippen LogP contribution in [0.4, 0.5) is 0 Å². The second-order valence-corrected chi connectivity index (χ2v) is 14.5. The van der Waals surface area contributed by atoms with E-state index in [1.807, 2.05) is 60.7 Å². The molecule has 1 aromatic heterocycles. The van der Waals surface area contributed by atoms with Crippen molar-refractivity contribution in [3.05, 3.63) is 89.5 Å². The van der Waals surface area contributed by atoms with E-state index in [1.165, 1.54) is 5.56 Å². The normalized spacial score (nSPS) is 12.2. The van der Waals surface area contributed by atoms with Crippen LogP contribution in [0.25, 0.3) is 22.2 Å². The standard InChI is InChI=1S/C40H51N3O4S/c1-8-9-10-28-13-20-35-33(23-28)34(24-36(41-35)30-14-18-32(47-7)19-15-30)39(45)42-37(38(44)21-22-40(2,3)27-43(4)5)26-48-25-29-11-16-31(46-6)17-12-29/h11-20,23-24,37H,8-10,21-22,25-27H2,1-7H3,(H,42,45). The van der Waals surface area contributed by atoms with Crippen molar-refractivity contribution >= 4 is 34.4 Å². The van der Waals surface area contributed by atoms with Crippen molar-refractivity contribution in [1.82, 2.24) is 15.2 Å². The lowest BCUT2D eigenvalue weighted by atomic mass is 9.86. The van der Waals surface area contributed by atoms with Crippen LogP contribution in [0.5, 0.6) is 11.5 Å². The lowest BCUT2D eigenvalue weighted by Gasteiger charge is -2.28. The molecule has 1 heterocycles. The zero-order valence-electron chi connectivity index (χ0n) is 29.6. The molecule has 0 spiro atoms. The largest absolute Gasteiger partial charge is 0.497 e. The molecule has 1 N–H and O–H groups in total. The number of rotatable bonds is 18. The number of unbranched alkanes of at least 4 members (excludes halogenated alkanes) is 1. The fourth-order valence-corrected chi connectivity index (χ4v) is 7.00. The van der Waals surface area contributed by atoms with E-state index in [-0.39, 0.29) is 17.1 Å². The van der Waals surface area contributed by atoms with Gasteiger partial charge in [0.2, 0.25) is 0 Å². The molecule has 8 heteroatoms. The van der Waals surface area contributed by atoms with Gasteiger partial charge in [-0.3, -0.25) is 9.59 Å². The van der Waals surface area contributed by atoms with Gasteiger partial charge >= 0.3 is 0 Å². The van der Waals surface area contributed by atoms with Crippen molar-refractivity contribution in [3.63, 3.8) is 0 Å². The minimum Gasteiger partial charge on any atom is -0.497 e. The molecule has 0 saturated heterocycles. The number of benzene rings is 3. The first kappa shape index (κ1) is 36.9. The summed E-state index contributed by atoms with van der Waals surface area (Å²) in [7, 11) is 7.39. The van der Waals surface area contributed by atoms with E-state index in [4.69, 9.17) is 14.5 Å². The first-order valence-electron chi connectivity index (χ1n) is 16.8. The number of thioether (sulfide) groups is 1. The van der Waals surface area contributed by atoms with Crippen molar-refractivity contribution in [2.45, 2.75) is 64.7 Å². The van der Waals surface area contributed by atoms with E-state index < -0.39 is 6.04 Å². The number of carbonyl (C=O) groups is 2. The third kappa shape index (κ3) is 10.6. The minimum atomic E-state index is -0.633. The Hall–Kier alpha value is -3.88. The number of ketones is 1. The van der Waals surface area contributed by atoms with E-state index in [2.05, 4.69) is 57.2 Å². The summed E-state index contributed by atoms with van der Waals surface area (Å²) in [4.78, 5) is 35.3. The summed E-state index contributed by atoms with van der Waals surface area (Å²) in [6.45, 7) is 7.42. The number of pyridine rings is 1. The first-order valence-corrected chi connectivity index (χ1v) is 17.9. The maximum Gasteiger partial charge on any atom is 0.252 e. The Morgan fingerprint density at radius 3 is 2.19 bits per heavy atom. The van der Waals surface area contributed by atoms with Gasteiger partial charge in [0.25, 0.3) is 5.91 Å². The number of amides is 1. The molecule has 0 saturated carbocycles. The molecular formula is C40H51N3O4S. The van der Waals surface area contributed by atoms with E-state index in [9.17, 15) is 9.59 Å². The van der Waals surface area contributed by atoms with Crippen LogP contribution in [-0.4, -0.2) is 68.2 Å². The smallest absolute Gasteiger partial charge is 0.252 e. The number of carbonyl (C=O) groups excluding carboxylic acids is 2. The van der Waals surface area contributed by atoms with Crippen LogP contribution in [-0.2, 0) is 17.0 Å². The lowest BCUT2D eigenvalue weighted by Crippen LogP contribution is -2.43. The second kappa shape index (κ2) is 17.5. The van der Waals surface area contributed by atoms with Crippen LogP contribution in [0, 0.1) is 5.41 Å². The van der Waals surface area contributed by atoms with Gasteiger partial charge in [-0.25, -0.2) is 4.98 Å². The van der Waals surface area contributed by atoms with Gasteiger partial charge in [0, 0.05) is 35.4 Å². The van der Waals surface area contributed by atoms with Gasteiger partial charge < -0.3 is 19.7 Å². The van der Waals surface area contributed by atoms with Gasteiger partial charge in [0.05, 0.1) is 37.0 Å². The van der Waals surface area contributed by atoms with Gasteiger partial charge in [-0.15, -0.1) is 0 Å². The van der Waals surface area contributed by atoms with E-state index >= 15 is 0 Å². The number of methoxy groups -OCH3 is 2. The molecular weight excluding hydrogens is 619 g/mol. The summed E-state index contributed by atoms with van der Waals surface area (Å²) < 4.78 is 10.7. The molecule has 0 aliphatic rings. The Morgan fingerprint density at radius 2 is 1.56 bits per heavy atom. The summed E-state index contributed by atoms with van der Waals surface area (Å²) in [5.74, 6) is 2.54. The van der Waals surface area contributed by atoms with Crippen LogP contribution in [0.15, 0.2) is 72.8 Å². The van der Waals surface area contributed by atoms with E-state index in [1.54, 1.807) is 26.0 Å². The van der Waals surface area contributed by atoms with E-state index in [0.717, 1.165) is 71.5 Å². The topological polar surface area (TPSA) is 80.8 Å². The average Bonchev–Trinajstić information content (AvgIpc) is 3.08. The number of nitrogens with zero attached hydrogens (tertiary/aromatic N) is 2. The predicted molar refractivity (Wildman–Crippen MR) is 199 cm³/mol. The van der Waals surface area contributed by atoms with Gasteiger partial charge in [0.1, 0.15) is 11.5 Å². The Balaban J connectivity index is 1.64. The highest BCUT2D eigenvalue weighted by molar-refractivity contribution is 7.98. The summed E-state index contributed by atoms with van der Waals surface area (Å²) in [5.41, 5.74) is 5.11. The summed E-state index contributed by atoms with van der Waals surface area (Å²) in [6.07, 6.45) is 4.21. The number of ether oxygens (including phenoxy) is 2. The quantitative estimate of drug-likeness (QED) is 0.114. The van der Waals surface area contributed by atoms with Crippen LogP contribution >= 0.6 is 11.8 Å². The van der Waals surface area contributed by atoms with Gasteiger partial charge in [-0.1, -0.05) is 45.4 Å². The first-order chi connectivity index (χ1) is 23.0. The zero-order chi connectivity index (χ0) is 34.7. The number of aryl methyl sites for hydroxylation is 1. The second-order valence-electron chi connectivity index (χ2n) is 13.5. The van der Waals surface area contributed by atoms with Crippen LogP contribution < -0.4 is 14.8 Å². The minimum absolute atomic E-state index is 0.0343. The third-order valence-corrected chi connectivity index (χ3v) is 9.63. The molecule has 3 aromatic carbocycles. The molecule has 0 fully saturated rings. The van der Waals surface area contributed by atoms with Crippen molar-refractivity contribution in [2.75, 3.05) is 40.6 Å². The third-order valence-electron chi connectivity index (χ3n) is 8.52. The molecule has 48 heavy (non-hydrogen) atoms. The van der Waals surface area contributed by atoms with Crippen LogP contribution in [0.3, 0.4) is 0 Å². The molecule has 256 valence electrons. The maximum atomic E-state index is 14.3. The lowest BCUT2D eigenvalue weighted by molar-refractivity contribution is -0.121. The fourth-order valence-electron chi connectivity index (χ4n) is 5.95. The highest BCUT2D eigenvalue weighted by Crippen LogP contribution is 2.29.